The highest BCUT2D eigenvalue weighted by Gasteiger charge is 2.18. The van der Waals surface area contributed by atoms with E-state index >= 15 is 0 Å². The van der Waals surface area contributed by atoms with Crippen LogP contribution < -0.4 is 4.90 Å². The molecule has 0 unspecified atom stereocenters. The zero-order chi connectivity index (χ0) is 37.7. The molecular weight excluding hydrogens is 695 g/mol. The molecule has 0 radical (unpaired) electrons. The van der Waals surface area contributed by atoms with Crippen LogP contribution in [0.4, 0.5) is 17.1 Å². The van der Waals surface area contributed by atoms with Gasteiger partial charge in [0.1, 0.15) is 22.3 Å². The maximum absolute atomic E-state index is 6.56. The van der Waals surface area contributed by atoms with Gasteiger partial charge < -0.3 is 13.7 Å². The predicted octanol–water partition coefficient (Wildman–Crippen LogP) is 15.6. The number of anilines is 3. The zero-order valence-corrected chi connectivity index (χ0v) is 31.0. The monoisotopic (exact) mass is 729 g/mol. The molecule has 57 heavy (non-hydrogen) atoms. The van der Waals surface area contributed by atoms with Crippen molar-refractivity contribution in [1.29, 1.82) is 0 Å². The molecule has 0 N–H and O–H groups in total. The van der Waals surface area contributed by atoms with E-state index in [9.17, 15) is 0 Å². The molecule has 0 spiro atoms. The number of rotatable bonds is 7. The van der Waals surface area contributed by atoms with Crippen molar-refractivity contribution in [3.63, 3.8) is 0 Å². The number of para-hydroxylation sites is 6. The number of hydrogen-bond acceptors (Lipinski definition) is 3. The fourth-order valence-corrected chi connectivity index (χ4v) is 8.31. The number of fused-ring (bicyclic) bond motifs is 6. The maximum Gasteiger partial charge on any atom is 0.143 e. The standard InChI is InChI=1S/C54H35NO2/c1-3-13-42(14-4-1)55(43-15-5-2-6-16-43)44-31-29-37(30-32-44)36-25-27-38(28-26-36)39-33-40(45-19-11-21-49-47-17-7-9-23-51(47)56-53(45)49)35-41(34-39)46-20-12-22-50-48-18-8-10-24-52(48)57-54(46)50/h1-35H. The average Bonchev–Trinajstić information content (AvgIpc) is 3.86. The summed E-state index contributed by atoms with van der Waals surface area (Å²) in [6.45, 7) is 0. The summed E-state index contributed by atoms with van der Waals surface area (Å²) in [5.74, 6) is 0. The summed E-state index contributed by atoms with van der Waals surface area (Å²) in [4.78, 5) is 2.29. The third-order valence-electron chi connectivity index (χ3n) is 11.1. The Morgan fingerprint density at radius 3 is 1.12 bits per heavy atom. The van der Waals surface area contributed by atoms with E-state index in [2.05, 4.69) is 193 Å². The lowest BCUT2D eigenvalue weighted by molar-refractivity contribution is 0.670. The highest BCUT2D eigenvalue weighted by atomic mass is 16.3. The smallest absolute Gasteiger partial charge is 0.143 e. The molecule has 11 aromatic rings. The van der Waals surface area contributed by atoms with Gasteiger partial charge in [0.2, 0.25) is 0 Å². The van der Waals surface area contributed by atoms with Crippen molar-refractivity contribution in [2.75, 3.05) is 4.90 Å². The van der Waals surface area contributed by atoms with E-state index in [4.69, 9.17) is 8.83 Å². The van der Waals surface area contributed by atoms with Gasteiger partial charge in [-0.25, -0.2) is 0 Å². The molecule has 3 heteroatoms. The quantitative estimate of drug-likeness (QED) is 0.164. The second kappa shape index (κ2) is 13.6. The fraction of sp³-hybridized carbons (Fsp3) is 0. The van der Waals surface area contributed by atoms with E-state index in [1.165, 1.54) is 0 Å². The van der Waals surface area contributed by atoms with Crippen molar-refractivity contribution >= 4 is 60.9 Å². The third-order valence-corrected chi connectivity index (χ3v) is 11.1. The first-order valence-electron chi connectivity index (χ1n) is 19.3. The summed E-state index contributed by atoms with van der Waals surface area (Å²) >= 11 is 0. The van der Waals surface area contributed by atoms with Crippen LogP contribution in [0, 0.1) is 0 Å². The highest BCUT2D eigenvalue weighted by Crippen LogP contribution is 2.42. The summed E-state index contributed by atoms with van der Waals surface area (Å²) in [6, 6.07) is 75.1. The molecule has 0 fully saturated rings. The highest BCUT2D eigenvalue weighted by molar-refractivity contribution is 6.11. The molecule has 0 aliphatic carbocycles. The topological polar surface area (TPSA) is 29.5 Å². The van der Waals surface area contributed by atoms with Crippen molar-refractivity contribution in [3.8, 4) is 44.5 Å². The molecule has 0 saturated carbocycles. The Hall–Kier alpha value is -7.62. The van der Waals surface area contributed by atoms with Gasteiger partial charge in [0, 0.05) is 49.7 Å². The van der Waals surface area contributed by atoms with Crippen molar-refractivity contribution in [2.45, 2.75) is 0 Å². The Balaban J connectivity index is 1.01. The molecule has 2 aromatic heterocycles. The Bertz CT molecular complexity index is 3040. The lowest BCUT2D eigenvalue weighted by Crippen LogP contribution is -2.09. The Kier molecular flexibility index (Phi) is 7.82. The van der Waals surface area contributed by atoms with Gasteiger partial charge in [-0.05, 0) is 100 Å². The molecule has 9 aromatic carbocycles. The van der Waals surface area contributed by atoms with Crippen molar-refractivity contribution in [3.05, 3.63) is 212 Å². The van der Waals surface area contributed by atoms with Crippen LogP contribution in [0.5, 0.6) is 0 Å². The van der Waals surface area contributed by atoms with Gasteiger partial charge in [-0.15, -0.1) is 0 Å². The third kappa shape index (κ3) is 5.76. The van der Waals surface area contributed by atoms with E-state index in [-0.39, 0.29) is 0 Å². The van der Waals surface area contributed by atoms with Crippen LogP contribution in [-0.4, -0.2) is 0 Å². The molecule has 0 atom stereocenters. The largest absolute Gasteiger partial charge is 0.455 e. The number of nitrogens with zero attached hydrogens (tertiary/aromatic N) is 1. The molecule has 0 aliphatic heterocycles. The van der Waals surface area contributed by atoms with E-state index < -0.39 is 0 Å². The molecule has 3 nitrogen and oxygen atoms in total. The minimum Gasteiger partial charge on any atom is -0.455 e. The van der Waals surface area contributed by atoms with Crippen LogP contribution in [0.15, 0.2) is 221 Å². The summed E-state index contributed by atoms with van der Waals surface area (Å²) in [7, 11) is 0. The Morgan fingerprint density at radius 1 is 0.263 bits per heavy atom. The summed E-state index contributed by atoms with van der Waals surface area (Å²) < 4.78 is 13.1. The van der Waals surface area contributed by atoms with Crippen molar-refractivity contribution in [1.82, 2.24) is 0 Å². The van der Waals surface area contributed by atoms with E-state index in [0.29, 0.717) is 0 Å². The Labute approximate surface area is 330 Å². The summed E-state index contributed by atoms with van der Waals surface area (Å²) in [5.41, 5.74) is 15.8. The normalized spacial score (nSPS) is 11.5. The second-order valence-corrected chi connectivity index (χ2v) is 14.5. The SMILES string of the molecule is c1ccc(N(c2ccccc2)c2ccc(-c3ccc(-c4cc(-c5cccc6c5oc5ccccc56)cc(-c5cccc6c5oc5ccccc56)c4)cc3)cc2)cc1. The van der Waals surface area contributed by atoms with Crippen LogP contribution in [0.3, 0.4) is 0 Å². The van der Waals surface area contributed by atoms with Crippen LogP contribution >= 0.6 is 0 Å². The summed E-state index contributed by atoms with van der Waals surface area (Å²) in [6.07, 6.45) is 0. The van der Waals surface area contributed by atoms with Crippen molar-refractivity contribution in [2.24, 2.45) is 0 Å². The van der Waals surface area contributed by atoms with Gasteiger partial charge in [-0.2, -0.15) is 0 Å². The molecule has 268 valence electrons. The fourth-order valence-electron chi connectivity index (χ4n) is 8.31. The lowest BCUT2D eigenvalue weighted by Gasteiger charge is -2.25. The van der Waals surface area contributed by atoms with Crippen molar-refractivity contribution < 1.29 is 8.83 Å². The summed E-state index contributed by atoms with van der Waals surface area (Å²) in [5, 5.41) is 4.46. The number of furan rings is 2. The van der Waals surface area contributed by atoms with Crippen LogP contribution in [0.25, 0.3) is 88.4 Å². The predicted molar refractivity (Wildman–Crippen MR) is 237 cm³/mol. The van der Waals surface area contributed by atoms with Gasteiger partial charge in [0.25, 0.3) is 0 Å². The molecule has 0 amide bonds. The van der Waals surface area contributed by atoms with Gasteiger partial charge in [0.05, 0.1) is 0 Å². The first-order valence-corrected chi connectivity index (χ1v) is 19.3. The van der Waals surface area contributed by atoms with Gasteiger partial charge in [-0.3, -0.25) is 0 Å². The van der Waals surface area contributed by atoms with Gasteiger partial charge >= 0.3 is 0 Å². The first-order chi connectivity index (χ1) is 28.2. The molecule has 2 heterocycles. The molecule has 0 bridgehead atoms. The van der Waals surface area contributed by atoms with E-state index in [0.717, 1.165) is 105 Å². The average molecular weight is 730 g/mol. The van der Waals surface area contributed by atoms with E-state index in [1.807, 2.05) is 24.3 Å². The maximum atomic E-state index is 6.56. The minimum atomic E-state index is 0.889. The first kappa shape index (κ1) is 32.8. The molecule has 11 rings (SSSR count). The van der Waals surface area contributed by atoms with Crippen LogP contribution in [0.1, 0.15) is 0 Å². The van der Waals surface area contributed by atoms with Crippen LogP contribution in [-0.2, 0) is 0 Å². The van der Waals surface area contributed by atoms with Gasteiger partial charge in [-0.1, -0.05) is 146 Å². The molecule has 0 aliphatic rings. The molecule has 0 saturated heterocycles. The van der Waals surface area contributed by atoms with Gasteiger partial charge in [0.15, 0.2) is 0 Å². The van der Waals surface area contributed by atoms with E-state index in [1.54, 1.807) is 0 Å². The Morgan fingerprint density at radius 2 is 0.632 bits per heavy atom. The number of hydrogen-bond donors (Lipinski definition) is 0. The minimum absolute atomic E-state index is 0.889. The lowest BCUT2D eigenvalue weighted by atomic mass is 9.91. The zero-order valence-electron chi connectivity index (χ0n) is 31.0. The number of benzene rings is 9. The molecular formula is C54H35NO2. The second-order valence-electron chi connectivity index (χ2n) is 14.5. The van der Waals surface area contributed by atoms with Crippen LogP contribution in [0.2, 0.25) is 0 Å².